The minimum atomic E-state index is -0.336. The lowest BCUT2D eigenvalue weighted by Gasteiger charge is -2.20. The molecule has 4 aromatic rings. The van der Waals surface area contributed by atoms with Gasteiger partial charge in [-0.25, -0.2) is 4.39 Å². The minimum absolute atomic E-state index is 0. The predicted octanol–water partition coefficient (Wildman–Crippen LogP) is 8.22. The van der Waals surface area contributed by atoms with E-state index in [0.29, 0.717) is 17.5 Å². The average molecular weight is 525 g/mol. The zero-order valence-corrected chi connectivity index (χ0v) is 21.9. The zero-order valence-electron chi connectivity index (χ0n) is 20.4. The summed E-state index contributed by atoms with van der Waals surface area (Å²) in [6, 6.07) is 34.1. The topological polar surface area (TPSA) is 21.3 Å². The largest absolute Gasteiger partial charge is 0.486 e. The molecule has 0 fully saturated rings. The highest BCUT2D eigenvalue weighted by molar-refractivity contribution is 6.30. The molecule has 1 N–H and O–H groups in total. The summed E-state index contributed by atoms with van der Waals surface area (Å²) in [4.78, 5) is 0. The molecule has 4 aromatic carbocycles. The third-order valence-corrected chi connectivity index (χ3v) is 6.43. The van der Waals surface area contributed by atoms with Crippen LogP contribution in [0.3, 0.4) is 0 Å². The van der Waals surface area contributed by atoms with Gasteiger partial charge in [0.15, 0.2) is 11.6 Å². The molecule has 4 rings (SSSR count). The smallest absolute Gasteiger partial charge is 0.165 e. The molecular formula is C31H32Cl2FNO. The van der Waals surface area contributed by atoms with Crippen molar-refractivity contribution in [2.24, 2.45) is 0 Å². The highest BCUT2D eigenvalue weighted by Gasteiger charge is 2.14. The van der Waals surface area contributed by atoms with Crippen molar-refractivity contribution in [2.45, 2.75) is 38.3 Å². The summed E-state index contributed by atoms with van der Waals surface area (Å²) < 4.78 is 20.3. The van der Waals surface area contributed by atoms with Crippen LogP contribution in [-0.2, 0) is 13.0 Å². The Hall–Kier alpha value is -2.85. The number of ether oxygens (including phenoxy) is 1. The van der Waals surface area contributed by atoms with E-state index in [0.717, 1.165) is 30.5 Å². The van der Waals surface area contributed by atoms with Crippen molar-refractivity contribution in [2.75, 3.05) is 6.54 Å². The SMILES string of the molecule is CC(Cc1ccc(OCc2ccc(Cl)cc2)c(F)c1)NCCC(c1ccccc1)c1ccccc1.Cl. The molecule has 36 heavy (non-hydrogen) atoms. The molecule has 1 unspecified atom stereocenters. The van der Waals surface area contributed by atoms with E-state index in [1.54, 1.807) is 24.3 Å². The van der Waals surface area contributed by atoms with E-state index in [9.17, 15) is 4.39 Å². The molecule has 0 aliphatic carbocycles. The van der Waals surface area contributed by atoms with Crippen LogP contribution >= 0.6 is 24.0 Å². The van der Waals surface area contributed by atoms with Gasteiger partial charge in [0.25, 0.3) is 0 Å². The monoisotopic (exact) mass is 523 g/mol. The van der Waals surface area contributed by atoms with E-state index in [2.05, 4.69) is 72.9 Å². The van der Waals surface area contributed by atoms with Gasteiger partial charge in [-0.1, -0.05) is 90.5 Å². The summed E-state index contributed by atoms with van der Waals surface area (Å²) in [5.41, 5.74) is 4.54. The quantitative estimate of drug-likeness (QED) is 0.213. The van der Waals surface area contributed by atoms with Crippen LogP contribution in [0.15, 0.2) is 103 Å². The Labute approximate surface area is 224 Å². The van der Waals surface area contributed by atoms with Crippen LogP contribution in [0.1, 0.15) is 41.5 Å². The Balaban J connectivity index is 0.00000361. The predicted molar refractivity (Wildman–Crippen MR) is 150 cm³/mol. The van der Waals surface area contributed by atoms with Gasteiger partial charge in [0.1, 0.15) is 6.61 Å². The van der Waals surface area contributed by atoms with Crippen LogP contribution in [-0.4, -0.2) is 12.6 Å². The van der Waals surface area contributed by atoms with Gasteiger partial charge in [-0.3, -0.25) is 0 Å². The van der Waals surface area contributed by atoms with Crippen molar-refractivity contribution >= 4 is 24.0 Å². The van der Waals surface area contributed by atoms with E-state index in [1.165, 1.54) is 11.1 Å². The van der Waals surface area contributed by atoms with Gasteiger partial charge in [0.2, 0.25) is 0 Å². The van der Waals surface area contributed by atoms with Gasteiger partial charge in [-0.05, 0) is 72.8 Å². The fourth-order valence-corrected chi connectivity index (χ4v) is 4.45. The van der Waals surface area contributed by atoms with Crippen molar-refractivity contribution < 1.29 is 9.13 Å². The van der Waals surface area contributed by atoms with Crippen molar-refractivity contribution in [3.8, 4) is 5.75 Å². The Bertz CT molecular complexity index is 1150. The number of rotatable bonds is 11. The summed E-state index contributed by atoms with van der Waals surface area (Å²) in [6.07, 6.45) is 1.74. The van der Waals surface area contributed by atoms with Gasteiger partial charge in [0.05, 0.1) is 0 Å². The van der Waals surface area contributed by atoms with Crippen molar-refractivity contribution in [1.82, 2.24) is 5.32 Å². The summed E-state index contributed by atoms with van der Waals surface area (Å²) in [7, 11) is 0. The number of halogens is 3. The first-order chi connectivity index (χ1) is 17.1. The molecular weight excluding hydrogens is 492 g/mol. The van der Waals surface area contributed by atoms with Crippen molar-refractivity contribution in [1.29, 1.82) is 0 Å². The molecule has 0 radical (unpaired) electrons. The van der Waals surface area contributed by atoms with Gasteiger partial charge in [-0.15, -0.1) is 12.4 Å². The van der Waals surface area contributed by atoms with E-state index >= 15 is 0 Å². The Kier molecular flexibility index (Phi) is 10.8. The van der Waals surface area contributed by atoms with Crippen LogP contribution < -0.4 is 10.1 Å². The molecule has 188 valence electrons. The molecule has 0 saturated carbocycles. The molecule has 0 bridgehead atoms. The molecule has 5 heteroatoms. The van der Waals surface area contributed by atoms with Crippen LogP contribution in [0.2, 0.25) is 5.02 Å². The fraction of sp³-hybridized carbons (Fsp3) is 0.226. The summed E-state index contributed by atoms with van der Waals surface area (Å²) >= 11 is 5.91. The number of hydrogen-bond donors (Lipinski definition) is 1. The van der Waals surface area contributed by atoms with E-state index in [4.69, 9.17) is 16.3 Å². The van der Waals surface area contributed by atoms with Crippen molar-refractivity contribution in [3.63, 3.8) is 0 Å². The first-order valence-corrected chi connectivity index (χ1v) is 12.5. The van der Waals surface area contributed by atoms with E-state index in [1.807, 2.05) is 18.2 Å². The van der Waals surface area contributed by atoms with Gasteiger partial charge >= 0.3 is 0 Å². The molecule has 1 atom stereocenters. The third kappa shape index (κ3) is 8.09. The standard InChI is InChI=1S/C31H31ClFNO.ClH/c1-23(34-19-18-29(26-8-4-2-5-9-26)27-10-6-3-7-11-27)20-25-14-17-31(30(33)21-25)35-22-24-12-15-28(32)16-13-24;/h2-17,21,23,29,34H,18-20,22H2,1H3;1H. The lowest BCUT2D eigenvalue weighted by atomic mass is 9.88. The molecule has 0 spiro atoms. The highest BCUT2D eigenvalue weighted by Crippen LogP contribution is 2.27. The summed E-state index contributed by atoms with van der Waals surface area (Å²) in [6.45, 7) is 3.32. The Morgan fingerprint density at radius 2 is 1.39 bits per heavy atom. The molecule has 0 aliphatic heterocycles. The maximum Gasteiger partial charge on any atom is 0.165 e. The average Bonchev–Trinajstić information content (AvgIpc) is 2.88. The van der Waals surface area contributed by atoms with E-state index < -0.39 is 0 Å². The Morgan fingerprint density at radius 3 is 1.97 bits per heavy atom. The van der Waals surface area contributed by atoms with E-state index in [-0.39, 0.29) is 30.0 Å². The first-order valence-electron chi connectivity index (χ1n) is 12.1. The second kappa shape index (κ2) is 14.0. The summed E-state index contributed by atoms with van der Waals surface area (Å²) in [5.74, 6) is 0.265. The molecule has 0 saturated heterocycles. The number of hydrogen-bond acceptors (Lipinski definition) is 2. The number of nitrogens with one attached hydrogen (secondary N) is 1. The van der Waals surface area contributed by atoms with Crippen LogP contribution in [0.25, 0.3) is 0 Å². The lowest BCUT2D eigenvalue weighted by molar-refractivity contribution is 0.290. The molecule has 0 aliphatic rings. The lowest BCUT2D eigenvalue weighted by Crippen LogP contribution is -2.30. The van der Waals surface area contributed by atoms with Crippen molar-refractivity contribution in [3.05, 3.63) is 136 Å². The zero-order chi connectivity index (χ0) is 24.5. The van der Waals surface area contributed by atoms with Crippen LogP contribution in [0.4, 0.5) is 4.39 Å². The second-order valence-corrected chi connectivity index (χ2v) is 9.34. The Morgan fingerprint density at radius 1 is 0.806 bits per heavy atom. The highest BCUT2D eigenvalue weighted by atomic mass is 35.5. The molecule has 2 nitrogen and oxygen atoms in total. The second-order valence-electron chi connectivity index (χ2n) is 8.90. The first kappa shape index (κ1) is 27.7. The van der Waals surface area contributed by atoms with Gasteiger partial charge in [-0.2, -0.15) is 0 Å². The minimum Gasteiger partial charge on any atom is -0.486 e. The molecule has 0 aromatic heterocycles. The van der Waals surface area contributed by atoms with Gasteiger partial charge in [0, 0.05) is 17.0 Å². The normalized spacial score (nSPS) is 11.7. The maximum atomic E-state index is 14.6. The third-order valence-electron chi connectivity index (χ3n) is 6.18. The fourth-order valence-electron chi connectivity index (χ4n) is 4.33. The summed E-state index contributed by atoms with van der Waals surface area (Å²) in [5, 5.41) is 4.29. The van der Waals surface area contributed by atoms with Crippen LogP contribution in [0.5, 0.6) is 5.75 Å². The molecule has 0 heterocycles. The van der Waals surface area contributed by atoms with Gasteiger partial charge < -0.3 is 10.1 Å². The number of benzene rings is 4. The molecule has 0 amide bonds. The van der Waals surface area contributed by atoms with Crippen LogP contribution in [0, 0.1) is 5.82 Å². The maximum absolute atomic E-state index is 14.6.